The third kappa shape index (κ3) is 2.87. The van der Waals surface area contributed by atoms with Gasteiger partial charge in [-0.05, 0) is 17.7 Å². The number of halogens is 2. The van der Waals surface area contributed by atoms with Gasteiger partial charge in [0.1, 0.15) is 0 Å². The monoisotopic (exact) mass is 332 g/mol. The third-order valence-corrected chi connectivity index (χ3v) is 4.21. The molecule has 0 fully saturated rings. The number of hydrazone groups is 1. The van der Waals surface area contributed by atoms with Crippen molar-refractivity contribution in [3.8, 4) is 0 Å². The van der Waals surface area contributed by atoms with E-state index in [2.05, 4.69) is 5.10 Å². The van der Waals surface area contributed by atoms with E-state index < -0.39 is 0 Å². The normalized spacial score (nSPS) is 17.5. The summed E-state index contributed by atoms with van der Waals surface area (Å²) in [6, 6.07) is 15.1. The summed E-state index contributed by atoms with van der Waals surface area (Å²) < 4.78 is 0. The fourth-order valence-corrected chi connectivity index (χ4v) is 3.14. The minimum atomic E-state index is -0.0968. The summed E-state index contributed by atoms with van der Waals surface area (Å²) in [5, 5.41) is 7.13. The maximum absolute atomic E-state index is 11.9. The van der Waals surface area contributed by atoms with Gasteiger partial charge in [-0.25, -0.2) is 5.01 Å². The van der Waals surface area contributed by atoms with Crippen LogP contribution in [0.4, 0.5) is 0 Å². The van der Waals surface area contributed by atoms with Gasteiger partial charge < -0.3 is 0 Å². The predicted octanol–water partition coefficient (Wildman–Crippen LogP) is 4.69. The first-order valence-electron chi connectivity index (χ1n) is 6.94. The molecule has 0 saturated carbocycles. The van der Waals surface area contributed by atoms with Crippen LogP contribution in [0.25, 0.3) is 0 Å². The molecule has 1 amide bonds. The summed E-state index contributed by atoms with van der Waals surface area (Å²) in [4.78, 5) is 11.9. The van der Waals surface area contributed by atoms with E-state index in [4.69, 9.17) is 23.2 Å². The minimum absolute atomic E-state index is 0.0889. The SMILES string of the molecule is CC(=O)N1N=C(c2ccc(Cl)cc2Cl)C[C@H]1c1ccccc1. The number of hydrogen-bond acceptors (Lipinski definition) is 2. The van der Waals surface area contributed by atoms with E-state index in [1.165, 1.54) is 11.9 Å². The van der Waals surface area contributed by atoms with Crippen LogP contribution in [0, 0.1) is 0 Å². The molecule has 0 bridgehead atoms. The van der Waals surface area contributed by atoms with Gasteiger partial charge in [0.15, 0.2) is 0 Å². The van der Waals surface area contributed by atoms with Gasteiger partial charge in [0.05, 0.1) is 16.8 Å². The van der Waals surface area contributed by atoms with Crippen LogP contribution in [0.1, 0.15) is 30.5 Å². The quantitative estimate of drug-likeness (QED) is 0.785. The second kappa shape index (κ2) is 6.11. The first kappa shape index (κ1) is 15.1. The van der Waals surface area contributed by atoms with Gasteiger partial charge in [-0.2, -0.15) is 5.10 Å². The van der Waals surface area contributed by atoms with Crippen molar-refractivity contribution < 1.29 is 4.79 Å². The van der Waals surface area contributed by atoms with Gasteiger partial charge in [-0.1, -0.05) is 59.6 Å². The molecule has 0 aliphatic carbocycles. The number of carbonyl (C=O) groups is 1. The smallest absolute Gasteiger partial charge is 0.240 e. The van der Waals surface area contributed by atoms with Crippen LogP contribution in [0.3, 0.4) is 0 Å². The fourth-order valence-electron chi connectivity index (χ4n) is 2.62. The van der Waals surface area contributed by atoms with Crippen LogP contribution in [0.5, 0.6) is 0 Å². The third-order valence-electron chi connectivity index (χ3n) is 3.66. The van der Waals surface area contributed by atoms with E-state index in [1.54, 1.807) is 12.1 Å². The molecule has 2 aromatic rings. The van der Waals surface area contributed by atoms with E-state index in [1.807, 2.05) is 36.4 Å². The molecule has 2 aromatic carbocycles. The number of rotatable bonds is 2. The number of carbonyl (C=O) groups excluding carboxylic acids is 1. The largest absolute Gasteiger partial charge is 0.273 e. The van der Waals surface area contributed by atoms with Crippen LogP contribution >= 0.6 is 23.2 Å². The van der Waals surface area contributed by atoms with Crippen molar-refractivity contribution >= 4 is 34.8 Å². The lowest BCUT2D eigenvalue weighted by atomic mass is 9.98. The molecular formula is C17H14Cl2N2O. The average molecular weight is 333 g/mol. The van der Waals surface area contributed by atoms with Crippen molar-refractivity contribution in [3.63, 3.8) is 0 Å². The topological polar surface area (TPSA) is 32.7 Å². The number of nitrogens with zero attached hydrogens (tertiary/aromatic N) is 2. The molecule has 0 aromatic heterocycles. The molecule has 3 rings (SSSR count). The molecule has 3 nitrogen and oxygen atoms in total. The lowest BCUT2D eigenvalue weighted by molar-refractivity contribution is -0.130. The van der Waals surface area contributed by atoms with Crippen molar-refractivity contribution in [1.29, 1.82) is 0 Å². The lowest BCUT2D eigenvalue weighted by Gasteiger charge is -2.20. The Kier molecular flexibility index (Phi) is 4.19. The van der Waals surface area contributed by atoms with Gasteiger partial charge in [-0.3, -0.25) is 4.79 Å². The second-order valence-corrected chi connectivity index (χ2v) is 6.01. The summed E-state index contributed by atoms with van der Waals surface area (Å²) in [6.45, 7) is 1.52. The molecule has 0 spiro atoms. The summed E-state index contributed by atoms with van der Waals surface area (Å²) in [7, 11) is 0. The van der Waals surface area contributed by atoms with Gasteiger partial charge in [0, 0.05) is 23.9 Å². The number of amides is 1. The van der Waals surface area contributed by atoms with Crippen LogP contribution in [0.15, 0.2) is 53.6 Å². The molecular weight excluding hydrogens is 319 g/mol. The highest BCUT2D eigenvalue weighted by molar-refractivity contribution is 6.37. The maximum atomic E-state index is 11.9. The van der Waals surface area contributed by atoms with Gasteiger partial charge in [0.25, 0.3) is 0 Å². The lowest BCUT2D eigenvalue weighted by Crippen LogP contribution is -2.24. The van der Waals surface area contributed by atoms with E-state index in [-0.39, 0.29) is 11.9 Å². The molecule has 1 aliphatic rings. The van der Waals surface area contributed by atoms with Gasteiger partial charge in [-0.15, -0.1) is 0 Å². The standard InChI is InChI=1S/C17H14Cl2N2O/c1-11(22)21-17(12-5-3-2-4-6-12)10-16(20-21)14-8-7-13(18)9-15(14)19/h2-9,17H,10H2,1H3/t17-/m0/s1. The first-order chi connectivity index (χ1) is 10.6. The molecule has 1 aliphatic heterocycles. The second-order valence-electron chi connectivity index (χ2n) is 5.17. The van der Waals surface area contributed by atoms with Crippen LogP contribution in [-0.2, 0) is 4.79 Å². The summed E-state index contributed by atoms with van der Waals surface area (Å²) in [5.74, 6) is -0.0889. The zero-order chi connectivity index (χ0) is 15.7. The fraction of sp³-hybridized carbons (Fsp3) is 0.176. The van der Waals surface area contributed by atoms with E-state index in [0.29, 0.717) is 16.5 Å². The van der Waals surface area contributed by atoms with E-state index in [0.717, 1.165) is 16.8 Å². The zero-order valence-electron chi connectivity index (χ0n) is 12.0. The van der Waals surface area contributed by atoms with Crippen molar-refractivity contribution in [3.05, 3.63) is 69.7 Å². The molecule has 1 heterocycles. The molecule has 0 N–H and O–H groups in total. The van der Waals surface area contributed by atoms with Gasteiger partial charge >= 0.3 is 0 Å². The Bertz CT molecular complexity index is 744. The Morgan fingerprint density at radius 2 is 1.91 bits per heavy atom. The van der Waals surface area contributed by atoms with Crippen molar-refractivity contribution in [2.75, 3.05) is 0 Å². The maximum Gasteiger partial charge on any atom is 0.240 e. The summed E-state index contributed by atoms with van der Waals surface area (Å²) in [5.41, 5.74) is 2.67. The van der Waals surface area contributed by atoms with Crippen LogP contribution in [0.2, 0.25) is 10.0 Å². The Morgan fingerprint density at radius 1 is 1.18 bits per heavy atom. The molecule has 0 radical (unpaired) electrons. The summed E-state index contributed by atoms with van der Waals surface area (Å²) >= 11 is 12.2. The van der Waals surface area contributed by atoms with Crippen molar-refractivity contribution in [2.24, 2.45) is 5.10 Å². The first-order valence-corrected chi connectivity index (χ1v) is 7.69. The van der Waals surface area contributed by atoms with E-state index >= 15 is 0 Å². The number of benzene rings is 2. The Labute approximate surface area is 139 Å². The van der Waals surface area contributed by atoms with Crippen LogP contribution < -0.4 is 0 Å². The molecule has 22 heavy (non-hydrogen) atoms. The Hall–Kier alpha value is -1.84. The predicted molar refractivity (Wildman–Crippen MR) is 89.3 cm³/mol. The van der Waals surface area contributed by atoms with Crippen LogP contribution in [-0.4, -0.2) is 16.6 Å². The highest BCUT2D eigenvalue weighted by Gasteiger charge is 2.31. The highest BCUT2D eigenvalue weighted by atomic mass is 35.5. The van der Waals surface area contributed by atoms with Crippen molar-refractivity contribution in [2.45, 2.75) is 19.4 Å². The highest BCUT2D eigenvalue weighted by Crippen LogP contribution is 2.34. The molecule has 1 atom stereocenters. The summed E-state index contributed by atoms with van der Waals surface area (Å²) in [6.07, 6.45) is 0.630. The Balaban J connectivity index is 1.98. The van der Waals surface area contributed by atoms with Gasteiger partial charge in [0.2, 0.25) is 5.91 Å². The van der Waals surface area contributed by atoms with Crippen molar-refractivity contribution in [1.82, 2.24) is 5.01 Å². The number of hydrogen-bond donors (Lipinski definition) is 0. The minimum Gasteiger partial charge on any atom is -0.273 e. The molecule has 112 valence electrons. The van der Waals surface area contributed by atoms with E-state index in [9.17, 15) is 4.79 Å². The Morgan fingerprint density at radius 3 is 2.55 bits per heavy atom. The molecule has 5 heteroatoms. The zero-order valence-corrected chi connectivity index (χ0v) is 13.5. The molecule has 0 saturated heterocycles. The average Bonchev–Trinajstić information content (AvgIpc) is 2.93. The molecule has 0 unspecified atom stereocenters.